The van der Waals surface area contributed by atoms with E-state index in [0.717, 1.165) is 32.7 Å². The van der Waals surface area contributed by atoms with Gasteiger partial charge in [-0.25, -0.2) is 0 Å². The molecule has 0 aliphatic heterocycles. The van der Waals surface area contributed by atoms with Gasteiger partial charge in [-0.2, -0.15) is 0 Å². The molecule has 0 spiro atoms. The molecule has 1 aliphatic rings. The lowest BCUT2D eigenvalue weighted by atomic mass is 9.77. The van der Waals surface area contributed by atoms with Gasteiger partial charge in [-0.05, 0) is 75.4 Å². The number of aryl methyl sites for hydroxylation is 1. The highest BCUT2D eigenvalue weighted by Gasteiger charge is 2.42. The number of hydrogen-bond acceptors (Lipinski definition) is 2. The number of hydrogen-bond donors (Lipinski definition) is 1. The quantitative estimate of drug-likeness (QED) is 0.754. The van der Waals surface area contributed by atoms with Crippen LogP contribution >= 0.6 is 0 Å². The van der Waals surface area contributed by atoms with Crippen LogP contribution in [0.3, 0.4) is 0 Å². The zero-order chi connectivity index (χ0) is 16.3. The Hall–Kier alpha value is -1.12. The average Bonchev–Trinajstić information content (AvgIpc) is 2.72. The predicted molar refractivity (Wildman–Crippen MR) is 95.5 cm³/mol. The van der Waals surface area contributed by atoms with Crippen molar-refractivity contribution in [3.05, 3.63) is 40.0 Å². The number of rotatable bonds is 7. The van der Waals surface area contributed by atoms with Crippen molar-refractivity contribution in [1.29, 1.82) is 0 Å². The monoisotopic (exact) mass is 301 g/mol. The summed E-state index contributed by atoms with van der Waals surface area (Å²) in [5, 5.41) is 3.64. The van der Waals surface area contributed by atoms with Crippen LogP contribution in [0.2, 0.25) is 0 Å². The summed E-state index contributed by atoms with van der Waals surface area (Å²) in [6.45, 7) is 16.9. The molecular formula is C20H31NO. The molecule has 0 saturated heterocycles. The number of allylic oxidation sites excluding steroid dienone is 1. The zero-order valence-corrected chi connectivity index (χ0v) is 15.1. The molecule has 1 N–H and O–H groups in total. The lowest BCUT2D eigenvalue weighted by molar-refractivity contribution is 0.105. The molecule has 0 aromatic heterocycles. The third-order valence-corrected chi connectivity index (χ3v) is 5.31. The topological polar surface area (TPSA) is 21.3 Å². The van der Waals surface area contributed by atoms with E-state index in [1.165, 1.54) is 33.4 Å². The summed E-state index contributed by atoms with van der Waals surface area (Å²) in [5.41, 5.74) is 8.59. The molecule has 2 rings (SSSR count). The van der Waals surface area contributed by atoms with Crippen LogP contribution in [-0.4, -0.2) is 26.3 Å². The van der Waals surface area contributed by atoms with Crippen molar-refractivity contribution in [2.45, 2.75) is 53.4 Å². The molecule has 1 atom stereocenters. The average molecular weight is 301 g/mol. The van der Waals surface area contributed by atoms with Gasteiger partial charge in [-0.1, -0.05) is 24.6 Å². The van der Waals surface area contributed by atoms with E-state index in [1.807, 2.05) is 0 Å². The maximum atomic E-state index is 5.92. The molecular weight excluding hydrogens is 270 g/mol. The first kappa shape index (κ1) is 17.2. The van der Waals surface area contributed by atoms with Crippen molar-refractivity contribution in [2.75, 3.05) is 26.3 Å². The number of ether oxygens (including phenoxy) is 1. The molecule has 0 heterocycles. The highest BCUT2D eigenvalue weighted by molar-refractivity contribution is 5.81. The Morgan fingerprint density at radius 3 is 2.45 bits per heavy atom. The first-order valence-corrected chi connectivity index (χ1v) is 8.57. The van der Waals surface area contributed by atoms with Gasteiger partial charge in [-0.15, -0.1) is 0 Å². The fourth-order valence-corrected chi connectivity index (χ4v) is 3.67. The van der Waals surface area contributed by atoms with Crippen LogP contribution in [0.25, 0.3) is 5.57 Å². The molecule has 0 radical (unpaired) electrons. The lowest BCUT2D eigenvalue weighted by Crippen LogP contribution is -2.42. The van der Waals surface area contributed by atoms with Crippen LogP contribution in [0.5, 0.6) is 0 Å². The Bertz CT molecular complexity index is 573. The van der Waals surface area contributed by atoms with Crippen LogP contribution in [0.1, 0.15) is 56.4 Å². The summed E-state index contributed by atoms with van der Waals surface area (Å²) in [6, 6.07) is 4.59. The summed E-state index contributed by atoms with van der Waals surface area (Å²) in [5.74, 6) is 0. The Morgan fingerprint density at radius 2 is 1.82 bits per heavy atom. The van der Waals surface area contributed by atoms with E-state index in [2.05, 4.69) is 59.0 Å². The standard InChI is InChI=1S/C20H31NO/c1-7-11-21-12-20(13-22-8-2)17(6)16(5)19-15(4)14(3)9-10-18(19)20/h9-10,21H,7-8,11-13H2,1-6H3. The fraction of sp³-hybridized carbons (Fsp3) is 0.600. The van der Waals surface area contributed by atoms with Crippen molar-refractivity contribution >= 4 is 5.57 Å². The van der Waals surface area contributed by atoms with Gasteiger partial charge in [-0.3, -0.25) is 0 Å². The summed E-state index contributed by atoms with van der Waals surface area (Å²) in [6.07, 6.45) is 1.16. The van der Waals surface area contributed by atoms with Gasteiger partial charge in [0.05, 0.1) is 12.0 Å². The first-order chi connectivity index (χ1) is 10.5. The predicted octanol–water partition coefficient (Wildman–Crippen LogP) is 4.38. The van der Waals surface area contributed by atoms with Gasteiger partial charge < -0.3 is 10.1 Å². The molecule has 2 heteroatoms. The van der Waals surface area contributed by atoms with Crippen LogP contribution in [-0.2, 0) is 10.2 Å². The van der Waals surface area contributed by atoms with Gasteiger partial charge in [0.25, 0.3) is 0 Å². The summed E-state index contributed by atoms with van der Waals surface area (Å²) in [7, 11) is 0. The van der Waals surface area contributed by atoms with Crippen molar-refractivity contribution in [1.82, 2.24) is 5.32 Å². The molecule has 0 bridgehead atoms. The van der Waals surface area contributed by atoms with E-state index in [-0.39, 0.29) is 5.41 Å². The molecule has 1 aliphatic carbocycles. The SMILES string of the molecule is CCCNCC1(COCC)C(C)=C(C)c2c1ccc(C)c2C. The minimum Gasteiger partial charge on any atom is -0.380 e. The Kier molecular flexibility index (Phi) is 5.46. The van der Waals surface area contributed by atoms with E-state index in [0.29, 0.717) is 0 Å². The van der Waals surface area contributed by atoms with Crippen molar-refractivity contribution < 1.29 is 4.74 Å². The number of benzene rings is 1. The maximum Gasteiger partial charge on any atom is 0.0612 e. The van der Waals surface area contributed by atoms with Gasteiger partial charge >= 0.3 is 0 Å². The second-order valence-corrected chi connectivity index (χ2v) is 6.58. The third kappa shape index (κ3) is 2.75. The highest BCUT2D eigenvalue weighted by Crippen LogP contribution is 2.47. The van der Waals surface area contributed by atoms with E-state index >= 15 is 0 Å². The third-order valence-electron chi connectivity index (χ3n) is 5.31. The highest BCUT2D eigenvalue weighted by atomic mass is 16.5. The molecule has 0 saturated carbocycles. The van der Waals surface area contributed by atoms with Gasteiger partial charge in [0, 0.05) is 13.2 Å². The van der Waals surface area contributed by atoms with Gasteiger partial charge in [0.2, 0.25) is 0 Å². The van der Waals surface area contributed by atoms with Crippen molar-refractivity contribution in [3.63, 3.8) is 0 Å². The number of fused-ring (bicyclic) bond motifs is 1. The Labute approximate surface area is 136 Å². The van der Waals surface area contributed by atoms with Crippen LogP contribution in [0.4, 0.5) is 0 Å². The summed E-state index contributed by atoms with van der Waals surface area (Å²) >= 11 is 0. The van der Waals surface area contributed by atoms with Crippen LogP contribution < -0.4 is 5.32 Å². The van der Waals surface area contributed by atoms with Crippen LogP contribution in [0.15, 0.2) is 17.7 Å². The van der Waals surface area contributed by atoms with Gasteiger partial charge in [0.15, 0.2) is 0 Å². The zero-order valence-electron chi connectivity index (χ0n) is 15.1. The molecule has 1 aromatic carbocycles. The first-order valence-electron chi connectivity index (χ1n) is 8.57. The largest absolute Gasteiger partial charge is 0.380 e. The molecule has 0 fully saturated rings. The Balaban J connectivity index is 2.52. The molecule has 2 nitrogen and oxygen atoms in total. The van der Waals surface area contributed by atoms with Crippen molar-refractivity contribution in [2.24, 2.45) is 0 Å². The van der Waals surface area contributed by atoms with Crippen LogP contribution in [0, 0.1) is 13.8 Å². The smallest absolute Gasteiger partial charge is 0.0612 e. The second kappa shape index (κ2) is 6.97. The minimum absolute atomic E-state index is 0.0109. The maximum absolute atomic E-state index is 5.92. The molecule has 1 aromatic rings. The lowest BCUT2D eigenvalue weighted by Gasteiger charge is -2.33. The molecule has 122 valence electrons. The van der Waals surface area contributed by atoms with E-state index in [9.17, 15) is 0 Å². The Morgan fingerprint density at radius 1 is 1.09 bits per heavy atom. The number of nitrogens with one attached hydrogen (secondary N) is 1. The molecule has 22 heavy (non-hydrogen) atoms. The minimum atomic E-state index is -0.0109. The fourth-order valence-electron chi connectivity index (χ4n) is 3.67. The normalized spacial score (nSPS) is 20.6. The van der Waals surface area contributed by atoms with Crippen molar-refractivity contribution in [3.8, 4) is 0 Å². The van der Waals surface area contributed by atoms with Gasteiger partial charge in [0.1, 0.15) is 0 Å². The molecule has 1 unspecified atom stereocenters. The van der Waals surface area contributed by atoms with E-state index in [1.54, 1.807) is 0 Å². The van der Waals surface area contributed by atoms with E-state index in [4.69, 9.17) is 4.74 Å². The molecule has 0 amide bonds. The summed E-state index contributed by atoms with van der Waals surface area (Å²) < 4.78 is 5.92. The van der Waals surface area contributed by atoms with E-state index < -0.39 is 0 Å². The summed E-state index contributed by atoms with van der Waals surface area (Å²) in [4.78, 5) is 0. The second-order valence-electron chi connectivity index (χ2n) is 6.58.